The van der Waals surface area contributed by atoms with Gasteiger partial charge in [0.15, 0.2) is 0 Å². The van der Waals surface area contributed by atoms with Gasteiger partial charge in [0.25, 0.3) is 0 Å². The lowest BCUT2D eigenvalue weighted by Gasteiger charge is -2.09. The number of carbonyl (C=O) groups excluding carboxylic acids is 1. The lowest BCUT2D eigenvalue weighted by molar-refractivity contribution is 0.0527. The fraction of sp³-hybridized carbons (Fsp3) is 0.214. The van der Waals surface area contributed by atoms with Gasteiger partial charge >= 0.3 is 5.97 Å². The van der Waals surface area contributed by atoms with E-state index in [-0.39, 0.29) is 0 Å². The summed E-state index contributed by atoms with van der Waals surface area (Å²) < 4.78 is 15.6. The zero-order valence-corrected chi connectivity index (χ0v) is 10.6. The van der Waals surface area contributed by atoms with E-state index in [0.29, 0.717) is 36.0 Å². The summed E-state index contributed by atoms with van der Waals surface area (Å²) >= 11 is 0. The molecule has 0 atom stereocenters. The van der Waals surface area contributed by atoms with E-state index in [1.807, 2.05) is 6.07 Å². The smallest absolute Gasteiger partial charge is 0.340 e. The molecule has 0 saturated heterocycles. The number of hydrogen-bond acceptors (Lipinski definition) is 5. The maximum absolute atomic E-state index is 11.7. The molecule has 0 amide bonds. The van der Waals surface area contributed by atoms with Crippen LogP contribution in [0.5, 0.6) is 5.75 Å². The number of nitrogens with two attached hydrogens (primary N) is 1. The average Bonchev–Trinajstić information content (AvgIpc) is 2.91. The second-order valence-electron chi connectivity index (χ2n) is 3.84. The molecular weight excluding hydrogens is 246 g/mol. The Kier molecular flexibility index (Phi) is 4.07. The van der Waals surface area contributed by atoms with Gasteiger partial charge in [-0.1, -0.05) is 0 Å². The number of carbonyl (C=O) groups is 1. The van der Waals surface area contributed by atoms with Crippen LogP contribution in [0, 0.1) is 0 Å². The normalized spacial score (nSPS) is 10.2. The van der Waals surface area contributed by atoms with Crippen LogP contribution >= 0.6 is 0 Å². The number of esters is 1. The minimum Gasteiger partial charge on any atom is -0.486 e. The molecule has 0 bridgehead atoms. The Morgan fingerprint density at radius 1 is 1.37 bits per heavy atom. The molecule has 0 unspecified atom stereocenters. The number of furan rings is 1. The van der Waals surface area contributed by atoms with Crippen molar-refractivity contribution in [1.82, 2.24) is 0 Å². The number of hydrogen-bond donors (Lipinski definition) is 1. The number of nitrogen functional groups attached to an aromatic ring is 1. The molecule has 0 radical (unpaired) electrons. The van der Waals surface area contributed by atoms with Gasteiger partial charge in [0.05, 0.1) is 18.4 Å². The van der Waals surface area contributed by atoms with Crippen molar-refractivity contribution in [2.45, 2.75) is 13.5 Å². The summed E-state index contributed by atoms with van der Waals surface area (Å²) in [6, 6.07) is 8.47. The lowest BCUT2D eigenvalue weighted by Crippen LogP contribution is -2.08. The van der Waals surface area contributed by atoms with Gasteiger partial charge in [0, 0.05) is 5.69 Å². The van der Waals surface area contributed by atoms with Gasteiger partial charge in [-0.15, -0.1) is 0 Å². The van der Waals surface area contributed by atoms with Crippen molar-refractivity contribution in [1.29, 1.82) is 0 Å². The van der Waals surface area contributed by atoms with Crippen molar-refractivity contribution < 1.29 is 18.7 Å². The standard InChI is InChI=1S/C14H15NO4/c1-2-17-14(16)12-8-10(5-6-13(12)15)19-9-11-4-3-7-18-11/h3-8H,2,9,15H2,1H3. The van der Waals surface area contributed by atoms with E-state index < -0.39 is 5.97 Å². The first-order valence-electron chi connectivity index (χ1n) is 5.92. The first-order valence-corrected chi connectivity index (χ1v) is 5.92. The molecule has 19 heavy (non-hydrogen) atoms. The summed E-state index contributed by atoms with van der Waals surface area (Å²) in [5.74, 6) is 0.784. The van der Waals surface area contributed by atoms with Crippen LogP contribution in [-0.2, 0) is 11.3 Å². The first kappa shape index (κ1) is 13.0. The molecule has 2 rings (SSSR count). The molecule has 0 aliphatic rings. The zero-order valence-electron chi connectivity index (χ0n) is 10.6. The van der Waals surface area contributed by atoms with Gasteiger partial charge < -0.3 is 19.6 Å². The number of benzene rings is 1. The Morgan fingerprint density at radius 2 is 2.21 bits per heavy atom. The Balaban J connectivity index is 2.09. The third-order valence-corrected chi connectivity index (χ3v) is 2.48. The van der Waals surface area contributed by atoms with E-state index in [0.717, 1.165) is 0 Å². The van der Waals surface area contributed by atoms with E-state index in [2.05, 4.69) is 0 Å². The van der Waals surface area contributed by atoms with Gasteiger partial charge in [0.2, 0.25) is 0 Å². The quantitative estimate of drug-likeness (QED) is 0.661. The van der Waals surface area contributed by atoms with Gasteiger partial charge in [-0.3, -0.25) is 0 Å². The lowest BCUT2D eigenvalue weighted by atomic mass is 10.2. The van der Waals surface area contributed by atoms with Crippen LogP contribution in [0.1, 0.15) is 23.0 Å². The molecule has 0 fully saturated rings. The van der Waals surface area contributed by atoms with Crippen molar-refractivity contribution >= 4 is 11.7 Å². The highest BCUT2D eigenvalue weighted by molar-refractivity contribution is 5.95. The van der Waals surface area contributed by atoms with E-state index >= 15 is 0 Å². The Labute approximate surface area is 110 Å². The Morgan fingerprint density at radius 3 is 2.89 bits per heavy atom. The van der Waals surface area contributed by atoms with E-state index in [1.54, 1.807) is 37.5 Å². The molecule has 5 nitrogen and oxygen atoms in total. The molecule has 2 aromatic rings. The highest BCUT2D eigenvalue weighted by atomic mass is 16.5. The summed E-state index contributed by atoms with van der Waals surface area (Å²) in [7, 11) is 0. The molecule has 100 valence electrons. The summed E-state index contributed by atoms with van der Waals surface area (Å²) in [6.45, 7) is 2.33. The zero-order chi connectivity index (χ0) is 13.7. The number of rotatable bonds is 5. The maximum Gasteiger partial charge on any atom is 0.340 e. The van der Waals surface area contributed by atoms with Gasteiger partial charge in [-0.2, -0.15) is 0 Å². The van der Waals surface area contributed by atoms with Crippen molar-refractivity contribution in [2.75, 3.05) is 12.3 Å². The summed E-state index contributed by atoms with van der Waals surface area (Å²) in [4.78, 5) is 11.7. The molecular formula is C14H15NO4. The summed E-state index contributed by atoms with van der Waals surface area (Å²) in [6.07, 6.45) is 1.58. The second kappa shape index (κ2) is 5.95. The second-order valence-corrected chi connectivity index (χ2v) is 3.84. The highest BCUT2D eigenvalue weighted by Gasteiger charge is 2.12. The molecule has 1 heterocycles. The number of anilines is 1. The summed E-state index contributed by atoms with van der Waals surface area (Å²) in [5, 5.41) is 0. The third-order valence-electron chi connectivity index (χ3n) is 2.48. The first-order chi connectivity index (χ1) is 9.20. The van der Waals surface area contributed by atoms with Gasteiger partial charge in [-0.05, 0) is 37.3 Å². The minimum atomic E-state index is -0.455. The molecule has 0 aliphatic heterocycles. The third kappa shape index (κ3) is 3.28. The van der Waals surface area contributed by atoms with Crippen molar-refractivity contribution in [2.24, 2.45) is 0 Å². The average molecular weight is 261 g/mol. The van der Waals surface area contributed by atoms with Gasteiger partial charge in [-0.25, -0.2) is 4.79 Å². The fourth-order valence-electron chi connectivity index (χ4n) is 1.56. The molecule has 0 spiro atoms. The van der Waals surface area contributed by atoms with Crippen LogP contribution in [0.25, 0.3) is 0 Å². The van der Waals surface area contributed by atoms with Crippen LogP contribution in [-0.4, -0.2) is 12.6 Å². The molecule has 5 heteroatoms. The molecule has 0 saturated carbocycles. The van der Waals surface area contributed by atoms with Crippen LogP contribution in [0.15, 0.2) is 41.0 Å². The Bertz CT molecular complexity index is 549. The van der Waals surface area contributed by atoms with Crippen molar-refractivity contribution in [3.8, 4) is 5.75 Å². The SMILES string of the molecule is CCOC(=O)c1cc(OCc2ccco2)ccc1N. The van der Waals surface area contributed by atoms with Crippen molar-refractivity contribution in [3.05, 3.63) is 47.9 Å². The van der Waals surface area contributed by atoms with E-state index in [4.69, 9.17) is 19.6 Å². The fourth-order valence-corrected chi connectivity index (χ4v) is 1.56. The monoisotopic (exact) mass is 261 g/mol. The summed E-state index contributed by atoms with van der Waals surface area (Å²) in [5.41, 5.74) is 6.41. The number of ether oxygens (including phenoxy) is 2. The van der Waals surface area contributed by atoms with E-state index in [1.165, 1.54) is 0 Å². The van der Waals surface area contributed by atoms with E-state index in [9.17, 15) is 4.79 Å². The van der Waals surface area contributed by atoms with Crippen LogP contribution < -0.4 is 10.5 Å². The highest BCUT2D eigenvalue weighted by Crippen LogP contribution is 2.21. The van der Waals surface area contributed by atoms with Crippen LogP contribution in [0.2, 0.25) is 0 Å². The topological polar surface area (TPSA) is 74.7 Å². The Hall–Kier alpha value is -2.43. The van der Waals surface area contributed by atoms with Crippen LogP contribution in [0.3, 0.4) is 0 Å². The maximum atomic E-state index is 11.7. The molecule has 1 aromatic heterocycles. The molecule has 1 aromatic carbocycles. The minimum absolute atomic E-state index is 0.291. The predicted octanol–water partition coefficient (Wildman–Crippen LogP) is 2.62. The largest absolute Gasteiger partial charge is 0.486 e. The van der Waals surface area contributed by atoms with Crippen molar-refractivity contribution in [3.63, 3.8) is 0 Å². The van der Waals surface area contributed by atoms with Crippen LogP contribution in [0.4, 0.5) is 5.69 Å². The molecule has 2 N–H and O–H groups in total. The van der Waals surface area contributed by atoms with Gasteiger partial charge in [0.1, 0.15) is 18.1 Å². The molecule has 0 aliphatic carbocycles. The predicted molar refractivity (Wildman–Crippen MR) is 69.9 cm³/mol.